The summed E-state index contributed by atoms with van der Waals surface area (Å²) in [4.78, 5) is 25.7. The van der Waals surface area contributed by atoms with Crippen molar-refractivity contribution in [1.29, 1.82) is 0 Å². The predicted molar refractivity (Wildman–Crippen MR) is 102 cm³/mol. The van der Waals surface area contributed by atoms with Gasteiger partial charge in [-0.2, -0.15) is 0 Å². The van der Waals surface area contributed by atoms with E-state index in [1.807, 2.05) is 56.3 Å². The number of carbonyl (C=O) groups is 2. The molecule has 0 heterocycles. The molecule has 3 amide bonds. The lowest BCUT2D eigenvalue weighted by Crippen LogP contribution is -2.35. The first-order chi connectivity index (χ1) is 12.0. The molecule has 2 N–H and O–H groups in total. The standard InChI is InChI=1S/C20H25N3O2/c1-4-12-23(14-17-8-6-5-7-9-17)20(25)22-18-11-10-15(2)19(13-18)21-16(3)24/h5-11,13H,4,12,14H2,1-3H3,(H,21,24)(H,22,25). The summed E-state index contributed by atoms with van der Waals surface area (Å²) in [5.74, 6) is -0.136. The van der Waals surface area contributed by atoms with Gasteiger partial charge in [-0.05, 0) is 36.6 Å². The number of hydrogen-bond donors (Lipinski definition) is 2. The Bertz CT molecular complexity index is 729. The minimum absolute atomic E-state index is 0.136. The zero-order valence-electron chi connectivity index (χ0n) is 15.0. The number of rotatable bonds is 6. The summed E-state index contributed by atoms with van der Waals surface area (Å²) >= 11 is 0. The Morgan fingerprint density at radius 2 is 1.76 bits per heavy atom. The average molecular weight is 339 g/mol. The molecule has 0 aliphatic heterocycles. The highest BCUT2D eigenvalue weighted by Crippen LogP contribution is 2.21. The molecule has 0 saturated carbocycles. The average Bonchev–Trinajstić information content (AvgIpc) is 2.58. The Kier molecular flexibility index (Phi) is 6.57. The van der Waals surface area contributed by atoms with Gasteiger partial charge < -0.3 is 15.5 Å². The molecular weight excluding hydrogens is 314 g/mol. The number of anilines is 2. The molecule has 0 aliphatic carbocycles. The fraction of sp³-hybridized carbons (Fsp3) is 0.300. The molecule has 0 unspecified atom stereocenters. The van der Waals surface area contributed by atoms with Crippen LogP contribution < -0.4 is 10.6 Å². The second-order valence-electron chi connectivity index (χ2n) is 6.05. The third-order valence-corrected chi connectivity index (χ3v) is 3.80. The Morgan fingerprint density at radius 3 is 2.40 bits per heavy atom. The molecule has 0 aromatic heterocycles. The van der Waals surface area contributed by atoms with E-state index in [0.717, 1.165) is 17.5 Å². The van der Waals surface area contributed by atoms with Gasteiger partial charge in [-0.15, -0.1) is 0 Å². The van der Waals surface area contributed by atoms with Crippen LogP contribution >= 0.6 is 0 Å². The molecule has 132 valence electrons. The molecule has 0 aliphatic rings. The molecule has 0 bridgehead atoms. The van der Waals surface area contributed by atoms with Gasteiger partial charge in [0.1, 0.15) is 0 Å². The molecule has 2 aromatic carbocycles. The van der Waals surface area contributed by atoms with Crippen LogP contribution in [0.15, 0.2) is 48.5 Å². The van der Waals surface area contributed by atoms with Crippen LogP contribution in [0, 0.1) is 6.92 Å². The molecule has 0 atom stereocenters. The lowest BCUT2D eigenvalue weighted by atomic mass is 10.1. The smallest absolute Gasteiger partial charge is 0.322 e. The van der Waals surface area contributed by atoms with Crippen LogP contribution in [0.25, 0.3) is 0 Å². The molecule has 5 nitrogen and oxygen atoms in total. The van der Waals surface area contributed by atoms with Crippen LogP contribution in [0.5, 0.6) is 0 Å². The number of nitrogens with one attached hydrogen (secondary N) is 2. The maximum absolute atomic E-state index is 12.7. The van der Waals surface area contributed by atoms with Crippen molar-refractivity contribution >= 4 is 23.3 Å². The number of hydrogen-bond acceptors (Lipinski definition) is 2. The highest BCUT2D eigenvalue weighted by atomic mass is 16.2. The van der Waals surface area contributed by atoms with E-state index in [1.165, 1.54) is 6.92 Å². The van der Waals surface area contributed by atoms with Crippen molar-refractivity contribution in [2.75, 3.05) is 17.2 Å². The van der Waals surface area contributed by atoms with E-state index in [0.29, 0.717) is 24.5 Å². The largest absolute Gasteiger partial charge is 0.326 e. The van der Waals surface area contributed by atoms with Crippen molar-refractivity contribution in [3.05, 3.63) is 59.7 Å². The van der Waals surface area contributed by atoms with Crippen molar-refractivity contribution in [1.82, 2.24) is 4.90 Å². The van der Waals surface area contributed by atoms with Gasteiger partial charge in [0.25, 0.3) is 0 Å². The molecule has 2 aromatic rings. The van der Waals surface area contributed by atoms with Crippen LogP contribution in [0.2, 0.25) is 0 Å². The van der Waals surface area contributed by atoms with E-state index < -0.39 is 0 Å². The van der Waals surface area contributed by atoms with Gasteiger partial charge in [0, 0.05) is 31.4 Å². The first-order valence-electron chi connectivity index (χ1n) is 8.47. The number of aryl methyl sites for hydroxylation is 1. The lowest BCUT2D eigenvalue weighted by Gasteiger charge is -2.23. The monoisotopic (exact) mass is 339 g/mol. The second kappa shape index (κ2) is 8.87. The third-order valence-electron chi connectivity index (χ3n) is 3.80. The van der Waals surface area contributed by atoms with Crippen molar-refractivity contribution in [3.63, 3.8) is 0 Å². The predicted octanol–water partition coefficient (Wildman–Crippen LogP) is 4.40. The van der Waals surface area contributed by atoms with Gasteiger partial charge in [-0.1, -0.05) is 43.3 Å². The first-order valence-corrected chi connectivity index (χ1v) is 8.47. The van der Waals surface area contributed by atoms with Gasteiger partial charge >= 0.3 is 6.03 Å². The summed E-state index contributed by atoms with van der Waals surface area (Å²) in [7, 11) is 0. The van der Waals surface area contributed by atoms with E-state index in [-0.39, 0.29) is 11.9 Å². The molecule has 0 fully saturated rings. The Labute approximate surface area is 149 Å². The van der Waals surface area contributed by atoms with Crippen LogP contribution in [0.3, 0.4) is 0 Å². The van der Waals surface area contributed by atoms with Crippen molar-refractivity contribution in [3.8, 4) is 0 Å². The molecule has 2 rings (SSSR count). The molecule has 0 saturated heterocycles. The first kappa shape index (κ1) is 18.5. The lowest BCUT2D eigenvalue weighted by molar-refractivity contribution is -0.114. The van der Waals surface area contributed by atoms with Gasteiger partial charge in [0.05, 0.1) is 0 Å². The van der Waals surface area contributed by atoms with E-state index in [2.05, 4.69) is 10.6 Å². The summed E-state index contributed by atoms with van der Waals surface area (Å²) in [6, 6.07) is 15.3. The molecule has 5 heteroatoms. The number of amides is 3. The fourth-order valence-corrected chi connectivity index (χ4v) is 2.55. The molecule has 0 radical (unpaired) electrons. The van der Waals surface area contributed by atoms with Gasteiger partial charge in [-0.25, -0.2) is 4.79 Å². The SMILES string of the molecule is CCCN(Cc1ccccc1)C(=O)Nc1ccc(C)c(NC(C)=O)c1. The van der Waals surface area contributed by atoms with Gasteiger partial charge in [0.15, 0.2) is 0 Å². The van der Waals surface area contributed by atoms with E-state index in [9.17, 15) is 9.59 Å². The maximum atomic E-state index is 12.7. The number of urea groups is 1. The highest BCUT2D eigenvalue weighted by molar-refractivity contribution is 5.93. The molecular formula is C20H25N3O2. The highest BCUT2D eigenvalue weighted by Gasteiger charge is 2.14. The second-order valence-corrected chi connectivity index (χ2v) is 6.05. The summed E-state index contributed by atoms with van der Waals surface area (Å²) in [5, 5.41) is 5.70. The van der Waals surface area contributed by atoms with Gasteiger partial charge in [-0.3, -0.25) is 4.79 Å². The number of nitrogens with zero attached hydrogens (tertiary/aromatic N) is 1. The summed E-state index contributed by atoms with van der Waals surface area (Å²) in [6.07, 6.45) is 0.880. The summed E-state index contributed by atoms with van der Waals surface area (Å²) < 4.78 is 0. The topological polar surface area (TPSA) is 61.4 Å². The van der Waals surface area contributed by atoms with Crippen LogP contribution in [-0.4, -0.2) is 23.4 Å². The maximum Gasteiger partial charge on any atom is 0.322 e. The third kappa shape index (κ3) is 5.64. The minimum atomic E-state index is -0.150. The van der Waals surface area contributed by atoms with Crippen molar-refractivity contribution in [2.24, 2.45) is 0 Å². The Balaban J connectivity index is 2.11. The Morgan fingerprint density at radius 1 is 1.04 bits per heavy atom. The van der Waals surface area contributed by atoms with Crippen LogP contribution in [0.1, 0.15) is 31.4 Å². The van der Waals surface area contributed by atoms with E-state index in [4.69, 9.17) is 0 Å². The molecule has 25 heavy (non-hydrogen) atoms. The summed E-state index contributed by atoms with van der Waals surface area (Å²) in [5.41, 5.74) is 3.40. The molecule has 0 spiro atoms. The number of benzene rings is 2. The van der Waals surface area contributed by atoms with Crippen molar-refractivity contribution < 1.29 is 9.59 Å². The normalized spacial score (nSPS) is 10.2. The quantitative estimate of drug-likeness (QED) is 0.819. The minimum Gasteiger partial charge on any atom is -0.326 e. The Hall–Kier alpha value is -2.82. The zero-order chi connectivity index (χ0) is 18.2. The van der Waals surface area contributed by atoms with Gasteiger partial charge in [0.2, 0.25) is 5.91 Å². The number of carbonyl (C=O) groups excluding carboxylic acids is 2. The van der Waals surface area contributed by atoms with Crippen molar-refractivity contribution in [2.45, 2.75) is 33.7 Å². The summed E-state index contributed by atoms with van der Waals surface area (Å²) in [6.45, 7) is 6.66. The van der Waals surface area contributed by atoms with Crippen LogP contribution in [-0.2, 0) is 11.3 Å². The fourth-order valence-electron chi connectivity index (χ4n) is 2.55. The zero-order valence-corrected chi connectivity index (χ0v) is 15.0. The van der Waals surface area contributed by atoms with E-state index in [1.54, 1.807) is 11.0 Å². The van der Waals surface area contributed by atoms with Crippen LogP contribution in [0.4, 0.5) is 16.2 Å². The van der Waals surface area contributed by atoms with E-state index >= 15 is 0 Å².